The fourth-order valence-electron chi connectivity index (χ4n) is 11.9. The summed E-state index contributed by atoms with van der Waals surface area (Å²) >= 11 is 0. The SMILES string of the molecule is CC(C)(C)OC(=O)N1CCC(CCOc2cc(NC(=O)c3cnccn3)c3ncccc3c2)CC1.CC(C)(C)OC(=O)NCCOc1cc(NC(=O)c2cnccn2)c2ncccc2c1.CC(C)(C)OC(=O)NCCOc1cc(NC(=O)c2ncccn2)c2ncccc2c1.Cc1cnc(C(=O)Nc2cc(OCCNC(=O)OC(C)(C)C)cc3cccnc23)cn1. The quantitative estimate of drug-likeness (QED) is 0.0218. The van der Waals surface area contributed by atoms with Crippen LogP contribution in [-0.4, -0.2) is 194 Å². The van der Waals surface area contributed by atoms with Gasteiger partial charge in [-0.25, -0.2) is 44.1 Å². The Hall–Kier alpha value is -15.0. The number of rotatable bonds is 24. The van der Waals surface area contributed by atoms with E-state index in [4.69, 9.17) is 37.9 Å². The number of aromatic nitrogens is 12. The molecule has 0 aliphatic carbocycles. The van der Waals surface area contributed by atoms with Crippen molar-refractivity contribution >= 4 is 114 Å². The second-order valence-corrected chi connectivity index (χ2v) is 32.2. The van der Waals surface area contributed by atoms with Crippen LogP contribution in [0, 0.1) is 12.8 Å². The number of ether oxygens (including phenoxy) is 8. The van der Waals surface area contributed by atoms with Gasteiger partial charge in [-0.3, -0.25) is 54.1 Å². The molecule has 9 heterocycles. The first-order valence-electron chi connectivity index (χ1n) is 40.4. The summed E-state index contributed by atoms with van der Waals surface area (Å²) in [4.78, 5) is 149. The maximum absolute atomic E-state index is 12.6. The molecule has 0 saturated carbocycles. The Kier molecular flexibility index (Phi) is 32.7. The lowest BCUT2D eigenvalue weighted by atomic mass is 9.94. The number of benzene rings is 4. The van der Waals surface area contributed by atoms with Gasteiger partial charge in [0.15, 0.2) is 0 Å². The van der Waals surface area contributed by atoms with E-state index in [2.05, 4.69) is 97.0 Å². The summed E-state index contributed by atoms with van der Waals surface area (Å²) in [6, 6.07) is 30.6. The summed E-state index contributed by atoms with van der Waals surface area (Å²) < 4.78 is 44.3. The molecule has 1 fully saturated rings. The predicted octanol–water partition coefficient (Wildman–Crippen LogP) is 14.5. The van der Waals surface area contributed by atoms with Gasteiger partial charge in [0.1, 0.15) is 82.3 Å². The Balaban J connectivity index is 0.000000176. The highest BCUT2D eigenvalue weighted by Crippen LogP contribution is 2.34. The molecule has 13 rings (SSSR count). The summed E-state index contributed by atoms with van der Waals surface area (Å²) in [5.41, 5.74) is 3.68. The topological polar surface area (TPSA) is 453 Å². The van der Waals surface area contributed by atoms with Gasteiger partial charge < -0.3 is 80.0 Å². The number of hydrogen-bond acceptors (Lipinski definition) is 28. The molecular weight excluding hydrogens is 1620 g/mol. The summed E-state index contributed by atoms with van der Waals surface area (Å²) in [5.74, 6) is 1.14. The molecule has 1 aliphatic rings. The lowest BCUT2D eigenvalue weighted by Gasteiger charge is -2.33. The monoisotopic (exact) mass is 1720 g/mol. The number of hydrogen-bond donors (Lipinski definition) is 7. The van der Waals surface area contributed by atoms with Crippen molar-refractivity contribution in [2.45, 2.75) is 132 Å². The van der Waals surface area contributed by atoms with E-state index in [0.717, 1.165) is 46.5 Å². The zero-order valence-corrected chi connectivity index (χ0v) is 72.3. The minimum atomic E-state index is -0.564. The molecule has 0 atom stereocenters. The highest BCUT2D eigenvalue weighted by Gasteiger charge is 2.28. The van der Waals surface area contributed by atoms with Crippen LogP contribution < -0.4 is 56.2 Å². The normalized spacial score (nSPS) is 12.0. The van der Waals surface area contributed by atoms with Gasteiger partial charge in [-0.05, 0) is 170 Å². The van der Waals surface area contributed by atoms with Gasteiger partial charge in [0.2, 0.25) is 5.82 Å². The van der Waals surface area contributed by atoms with E-state index in [9.17, 15) is 38.4 Å². The molecule has 1 saturated heterocycles. The maximum atomic E-state index is 12.6. The Morgan fingerprint density at radius 1 is 0.357 bits per heavy atom. The van der Waals surface area contributed by atoms with E-state index in [1.807, 2.05) is 75.4 Å². The van der Waals surface area contributed by atoms with Crippen molar-refractivity contribution in [3.63, 3.8) is 0 Å². The first-order chi connectivity index (χ1) is 60.1. The van der Waals surface area contributed by atoms with E-state index in [-0.39, 0.29) is 74.4 Å². The molecule has 7 N–H and O–H groups in total. The summed E-state index contributed by atoms with van der Waals surface area (Å²) in [5, 5.41) is 22.4. The van der Waals surface area contributed by atoms with E-state index in [1.165, 1.54) is 62.0 Å². The van der Waals surface area contributed by atoms with Crippen molar-refractivity contribution in [3.8, 4) is 23.0 Å². The Bertz CT molecular complexity index is 5550. The van der Waals surface area contributed by atoms with E-state index in [0.29, 0.717) is 93.4 Å². The van der Waals surface area contributed by atoms with Crippen LogP contribution in [0.15, 0.2) is 190 Å². The maximum Gasteiger partial charge on any atom is 0.410 e. The minimum absolute atomic E-state index is 0.0504. The van der Waals surface area contributed by atoms with E-state index in [1.54, 1.807) is 147 Å². The number of nitrogens with zero attached hydrogens (tertiary/aromatic N) is 13. The molecular formula is C90H102N20O16. The van der Waals surface area contributed by atoms with Crippen LogP contribution in [0.3, 0.4) is 0 Å². The van der Waals surface area contributed by atoms with Gasteiger partial charge in [-0.2, -0.15) is 0 Å². The second-order valence-electron chi connectivity index (χ2n) is 32.2. The van der Waals surface area contributed by atoms with Gasteiger partial charge in [-0.15, -0.1) is 0 Å². The fraction of sp³-hybridized carbons (Fsp3) is 0.333. The molecule has 4 aromatic carbocycles. The van der Waals surface area contributed by atoms with Gasteiger partial charge in [-0.1, -0.05) is 24.3 Å². The summed E-state index contributed by atoms with van der Waals surface area (Å²) in [7, 11) is 0. The van der Waals surface area contributed by atoms with Crippen molar-refractivity contribution in [1.82, 2.24) is 80.7 Å². The second kappa shape index (κ2) is 44.2. The summed E-state index contributed by atoms with van der Waals surface area (Å²) in [6.07, 6.45) is 22.2. The van der Waals surface area contributed by atoms with Gasteiger partial charge in [0.05, 0.1) is 95.3 Å². The number of anilines is 4. The number of nitrogens with one attached hydrogen (secondary N) is 7. The summed E-state index contributed by atoms with van der Waals surface area (Å²) in [6.45, 7) is 27.0. The molecule has 0 radical (unpaired) electrons. The van der Waals surface area contributed by atoms with Crippen LogP contribution in [-0.2, 0) is 18.9 Å². The van der Waals surface area contributed by atoms with E-state index < -0.39 is 58.4 Å². The van der Waals surface area contributed by atoms with Crippen molar-refractivity contribution in [2.75, 3.05) is 80.4 Å². The molecule has 8 aromatic heterocycles. The Labute approximate surface area is 727 Å². The van der Waals surface area contributed by atoms with Crippen LogP contribution in [0.5, 0.6) is 23.0 Å². The third kappa shape index (κ3) is 30.6. The number of pyridine rings is 4. The Morgan fingerprint density at radius 3 is 1.02 bits per heavy atom. The fourth-order valence-corrected chi connectivity index (χ4v) is 11.9. The molecule has 12 aromatic rings. The molecule has 1 aliphatic heterocycles. The average molecular weight is 1720 g/mol. The van der Waals surface area contributed by atoms with Gasteiger partial charge in [0.25, 0.3) is 23.6 Å². The molecule has 8 amide bonds. The molecule has 0 bridgehead atoms. The number of piperidine rings is 1. The first-order valence-corrected chi connectivity index (χ1v) is 40.4. The number of likely N-dealkylation sites (tertiary alicyclic amines) is 1. The number of amides is 8. The van der Waals surface area contributed by atoms with Gasteiger partial charge >= 0.3 is 24.4 Å². The number of alkyl carbamates (subject to hydrolysis) is 3. The standard InChI is InChI=1S/C26H31N5O4.C22H25N5O4.2C21H23N5O4/c1-26(2,3)35-25(33)31-12-6-18(7-13-31)8-14-34-20-15-19-5-4-9-29-23(19)21(16-20)30-24(32)22-17-27-10-11-28-22;1-14-12-26-18(13-25-14)20(28)27-17-11-16(10-15-6-5-7-23-19(15)17)30-9-8-24-21(29)31-22(2,3)4;1-21(2,3)30-20(28)25-10-11-29-15-12-14-6-4-7-22-17(14)16(13-15)26-19(27)18-23-8-5-9-24-18;1-21(2,3)30-20(28)25-9-10-29-15-11-14-5-4-6-24-18(14)16(12-15)26-19(27)17-13-22-7-8-23-17/h4-5,9-11,15-18H,6-8,12-14H2,1-3H3,(H,30,32);5-7,10-13H,8-9H2,1-4H3,(H,24,29)(H,27,28);4-9,12-13H,10-11H2,1-3H3,(H,25,28)(H,26,27);4-8,11-13H,9-10H2,1-3H3,(H,25,28)(H,26,27). The van der Waals surface area contributed by atoms with Crippen molar-refractivity contribution in [1.29, 1.82) is 0 Å². The molecule has 0 unspecified atom stereocenters. The smallest absolute Gasteiger partial charge is 0.410 e. The zero-order valence-electron chi connectivity index (χ0n) is 72.3. The van der Waals surface area contributed by atoms with Crippen LogP contribution >= 0.6 is 0 Å². The number of carbonyl (C=O) groups excluding carboxylic acids is 8. The molecule has 36 nitrogen and oxygen atoms in total. The molecule has 0 spiro atoms. The largest absolute Gasteiger partial charge is 0.493 e. The predicted molar refractivity (Wildman–Crippen MR) is 471 cm³/mol. The highest BCUT2D eigenvalue weighted by atomic mass is 16.6. The minimum Gasteiger partial charge on any atom is -0.493 e. The van der Waals surface area contributed by atoms with Crippen molar-refractivity contribution in [2.24, 2.45) is 5.92 Å². The highest BCUT2D eigenvalue weighted by molar-refractivity contribution is 6.10. The van der Waals surface area contributed by atoms with Crippen LogP contribution in [0.4, 0.5) is 41.9 Å². The third-order valence-electron chi connectivity index (χ3n) is 17.3. The van der Waals surface area contributed by atoms with Crippen molar-refractivity contribution < 1.29 is 76.3 Å². The average Bonchev–Trinajstić information content (AvgIpc) is 0.817. The Morgan fingerprint density at radius 2 is 0.690 bits per heavy atom. The van der Waals surface area contributed by atoms with Crippen molar-refractivity contribution in [3.05, 3.63) is 218 Å². The first kappa shape index (κ1) is 93.3. The zero-order chi connectivity index (χ0) is 90.4. The lowest BCUT2D eigenvalue weighted by molar-refractivity contribution is 0.0175. The van der Waals surface area contributed by atoms with Crippen LogP contribution in [0.25, 0.3) is 43.6 Å². The third-order valence-corrected chi connectivity index (χ3v) is 17.3. The lowest BCUT2D eigenvalue weighted by Crippen LogP contribution is -2.41. The van der Waals surface area contributed by atoms with Crippen LogP contribution in [0.2, 0.25) is 0 Å². The molecule has 36 heteroatoms. The van der Waals surface area contributed by atoms with Crippen LogP contribution in [0.1, 0.15) is 150 Å². The van der Waals surface area contributed by atoms with E-state index >= 15 is 0 Å². The molecule has 126 heavy (non-hydrogen) atoms. The number of aryl methyl sites for hydroxylation is 1. The number of fused-ring (bicyclic) bond motifs is 4. The van der Waals surface area contributed by atoms with Gasteiger partial charge in [0, 0.05) is 127 Å². The molecule has 658 valence electrons. The number of carbonyl (C=O) groups is 8.